The zero-order valence-corrected chi connectivity index (χ0v) is 7.00. The Morgan fingerprint density at radius 1 is 1.20 bits per heavy atom. The van der Waals surface area contributed by atoms with Gasteiger partial charge in [0.15, 0.2) is 0 Å². The first-order valence-corrected chi connectivity index (χ1v) is 2.22. The molecule has 3 nitrogen and oxygen atoms in total. The van der Waals surface area contributed by atoms with E-state index in [9.17, 15) is 0 Å². The number of hydrogen-bond donors (Lipinski definition) is 0. The SMILES string of the molecule is CC1=CC=CC1.O.O.O.[Mn]. The molecule has 0 amide bonds. The van der Waals surface area contributed by atoms with Gasteiger partial charge >= 0.3 is 0 Å². The van der Waals surface area contributed by atoms with Crippen LogP contribution < -0.4 is 0 Å². The summed E-state index contributed by atoms with van der Waals surface area (Å²) in [5.41, 5.74) is 1.47. The summed E-state index contributed by atoms with van der Waals surface area (Å²) in [5, 5.41) is 0. The number of rotatable bonds is 0. The molecule has 0 atom stereocenters. The molecule has 4 heteroatoms. The van der Waals surface area contributed by atoms with Gasteiger partial charge in [0.2, 0.25) is 0 Å². The Labute approximate surface area is 71.2 Å². The minimum absolute atomic E-state index is 0. The van der Waals surface area contributed by atoms with Crippen LogP contribution in [0.2, 0.25) is 0 Å². The average Bonchev–Trinajstić information content (AvgIpc) is 1.86. The summed E-state index contributed by atoms with van der Waals surface area (Å²) < 4.78 is 0. The molecule has 0 heterocycles. The molecule has 0 aliphatic heterocycles. The molecule has 1 radical (unpaired) electrons. The molecule has 0 spiro atoms. The Balaban J connectivity index is -0.0000000450. The van der Waals surface area contributed by atoms with Gasteiger partial charge in [0.05, 0.1) is 0 Å². The first-order valence-electron chi connectivity index (χ1n) is 2.22. The minimum atomic E-state index is 0. The molecule has 0 saturated heterocycles. The van der Waals surface area contributed by atoms with Crippen molar-refractivity contribution in [3.8, 4) is 0 Å². The molecular weight excluding hydrogens is 175 g/mol. The van der Waals surface area contributed by atoms with Crippen LogP contribution in [-0.4, -0.2) is 16.4 Å². The maximum atomic E-state index is 2.16. The third-order valence-corrected chi connectivity index (χ3v) is 0.957. The first kappa shape index (κ1) is 22.5. The number of hydrogen-bond acceptors (Lipinski definition) is 0. The van der Waals surface area contributed by atoms with Crippen LogP contribution in [-0.2, 0) is 17.1 Å². The van der Waals surface area contributed by atoms with E-state index in [4.69, 9.17) is 0 Å². The van der Waals surface area contributed by atoms with Crippen molar-refractivity contribution in [3.63, 3.8) is 0 Å². The molecule has 0 fully saturated rings. The normalized spacial score (nSPS) is 11.1. The summed E-state index contributed by atoms with van der Waals surface area (Å²) in [6.07, 6.45) is 7.56. The molecule has 1 aliphatic carbocycles. The Morgan fingerprint density at radius 3 is 1.80 bits per heavy atom. The van der Waals surface area contributed by atoms with Crippen LogP contribution in [0.5, 0.6) is 0 Å². The van der Waals surface area contributed by atoms with Gasteiger partial charge in [0.25, 0.3) is 0 Å². The molecule has 0 saturated carbocycles. The third-order valence-electron chi connectivity index (χ3n) is 0.957. The van der Waals surface area contributed by atoms with Gasteiger partial charge in [-0.05, 0) is 13.3 Å². The molecule has 0 unspecified atom stereocenters. The molecule has 6 N–H and O–H groups in total. The van der Waals surface area contributed by atoms with Crippen molar-refractivity contribution in [2.75, 3.05) is 0 Å². The van der Waals surface area contributed by atoms with E-state index < -0.39 is 0 Å². The third kappa shape index (κ3) is 7.88. The molecule has 0 aromatic heterocycles. The summed E-state index contributed by atoms with van der Waals surface area (Å²) in [4.78, 5) is 0. The van der Waals surface area contributed by atoms with Crippen LogP contribution in [0.15, 0.2) is 23.8 Å². The predicted octanol–water partition coefficient (Wildman–Crippen LogP) is -0.584. The van der Waals surface area contributed by atoms with Gasteiger partial charge in [0.1, 0.15) is 0 Å². The molecule has 1 aliphatic rings. The van der Waals surface area contributed by atoms with E-state index in [0.29, 0.717) is 0 Å². The summed E-state index contributed by atoms with van der Waals surface area (Å²) in [5.74, 6) is 0. The van der Waals surface area contributed by atoms with E-state index in [1.807, 2.05) is 0 Å². The van der Waals surface area contributed by atoms with Crippen molar-refractivity contribution in [2.24, 2.45) is 0 Å². The first-order chi connectivity index (χ1) is 2.89. The van der Waals surface area contributed by atoms with Crippen molar-refractivity contribution >= 4 is 0 Å². The maximum absolute atomic E-state index is 2.16. The van der Waals surface area contributed by atoms with Crippen molar-refractivity contribution in [2.45, 2.75) is 13.3 Å². The zero-order valence-electron chi connectivity index (χ0n) is 5.82. The van der Waals surface area contributed by atoms with E-state index in [1.54, 1.807) is 0 Å². The van der Waals surface area contributed by atoms with Gasteiger partial charge in [0, 0.05) is 17.1 Å². The van der Waals surface area contributed by atoms with Crippen molar-refractivity contribution in [1.29, 1.82) is 0 Å². The van der Waals surface area contributed by atoms with E-state index in [-0.39, 0.29) is 33.5 Å². The Bertz CT molecular complexity index is 110. The molecule has 10 heavy (non-hydrogen) atoms. The molecule has 1 rings (SSSR count). The molecule has 0 bridgehead atoms. The zero-order chi connectivity index (χ0) is 4.41. The van der Waals surface area contributed by atoms with Crippen molar-refractivity contribution < 1.29 is 33.5 Å². The fraction of sp³-hybridized carbons (Fsp3) is 0.333. The van der Waals surface area contributed by atoms with Crippen LogP contribution in [0.25, 0.3) is 0 Å². The monoisotopic (exact) mass is 189 g/mol. The van der Waals surface area contributed by atoms with Gasteiger partial charge < -0.3 is 16.4 Å². The van der Waals surface area contributed by atoms with E-state index >= 15 is 0 Å². The van der Waals surface area contributed by atoms with Crippen LogP contribution in [0.1, 0.15) is 13.3 Å². The van der Waals surface area contributed by atoms with Crippen LogP contribution in [0.4, 0.5) is 0 Å². The Kier molecular flexibility index (Phi) is 26.2. The molecule has 63 valence electrons. The fourth-order valence-corrected chi connectivity index (χ4v) is 0.554. The summed E-state index contributed by atoms with van der Waals surface area (Å²) >= 11 is 0. The quantitative estimate of drug-likeness (QED) is 0.455. The van der Waals surface area contributed by atoms with Crippen LogP contribution in [0, 0.1) is 0 Å². The topological polar surface area (TPSA) is 94.5 Å². The number of allylic oxidation sites excluding steroid dienone is 4. The molecule has 0 aromatic carbocycles. The standard InChI is InChI=1S/C6H8.Mn.3H2O/c1-6-4-2-3-5-6;;;;/h2-4H,5H2,1H3;;3*1H2. The minimum Gasteiger partial charge on any atom is -0.412 e. The van der Waals surface area contributed by atoms with Crippen molar-refractivity contribution in [1.82, 2.24) is 0 Å². The summed E-state index contributed by atoms with van der Waals surface area (Å²) in [6, 6.07) is 0. The van der Waals surface area contributed by atoms with Crippen LogP contribution in [0.3, 0.4) is 0 Å². The van der Waals surface area contributed by atoms with E-state index in [0.717, 1.165) is 0 Å². The summed E-state index contributed by atoms with van der Waals surface area (Å²) in [6.45, 7) is 2.14. The van der Waals surface area contributed by atoms with Gasteiger partial charge in [-0.1, -0.05) is 23.8 Å². The predicted molar refractivity (Wildman–Crippen MR) is 38.4 cm³/mol. The second-order valence-corrected chi connectivity index (χ2v) is 1.65. The van der Waals surface area contributed by atoms with Gasteiger partial charge in [-0.15, -0.1) is 0 Å². The Hall–Kier alpha value is -0.121. The van der Waals surface area contributed by atoms with E-state index in [2.05, 4.69) is 25.2 Å². The Morgan fingerprint density at radius 2 is 1.70 bits per heavy atom. The fourth-order valence-electron chi connectivity index (χ4n) is 0.554. The second-order valence-electron chi connectivity index (χ2n) is 1.65. The summed E-state index contributed by atoms with van der Waals surface area (Å²) in [7, 11) is 0. The average molecular weight is 189 g/mol. The van der Waals surface area contributed by atoms with E-state index in [1.165, 1.54) is 12.0 Å². The van der Waals surface area contributed by atoms with Crippen LogP contribution >= 0.6 is 0 Å². The molecular formula is C6H14MnO3. The van der Waals surface area contributed by atoms with Gasteiger partial charge in [-0.2, -0.15) is 0 Å². The second kappa shape index (κ2) is 11.6. The van der Waals surface area contributed by atoms with Gasteiger partial charge in [-0.25, -0.2) is 0 Å². The van der Waals surface area contributed by atoms with Crippen molar-refractivity contribution in [3.05, 3.63) is 23.8 Å². The van der Waals surface area contributed by atoms with Gasteiger partial charge in [-0.3, -0.25) is 0 Å². The smallest absolute Gasteiger partial charge is 0 e. The largest absolute Gasteiger partial charge is 0.412 e. The maximum Gasteiger partial charge on any atom is 0 e. The molecule has 0 aromatic rings.